The molecule has 2 unspecified atom stereocenters. The largest absolute Gasteiger partial charge is 0.320 e. The molecule has 0 saturated heterocycles. The predicted molar refractivity (Wildman–Crippen MR) is 85.2 cm³/mol. The standard InChI is InChI=1S/C17H18BrF2N/c1-3-10(2)11-4-6-12(7-5-11)17(21)16-14(19)8-13(18)9-15(16)20/h4-10,17H,3,21H2,1-2H3. The van der Waals surface area contributed by atoms with Crippen molar-refractivity contribution in [1.82, 2.24) is 0 Å². The van der Waals surface area contributed by atoms with E-state index in [1.165, 1.54) is 17.7 Å². The van der Waals surface area contributed by atoms with Gasteiger partial charge in [-0.1, -0.05) is 54.0 Å². The van der Waals surface area contributed by atoms with Crippen LogP contribution in [-0.4, -0.2) is 0 Å². The lowest BCUT2D eigenvalue weighted by Crippen LogP contribution is -2.15. The number of halogens is 3. The zero-order valence-electron chi connectivity index (χ0n) is 12.0. The molecule has 0 bridgehead atoms. The molecule has 0 amide bonds. The van der Waals surface area contributed by atoms with Crippen LogP contribution < -0.4 is 5.73 Å². The lowest BCUT2D eigenvalue weighted by Gasteiger charge is -2.16. The summed E-state index contributed by atoms with van der Waals surface area (Å²) in [6.07, 6.45) is 1.04. The molecule has 0 heterocycles. The molecule has 0 fully saturated rings. The minimum Gasteiger partial charge on any atom is -0.320 e. The smallest absolute Gasteiger partial charge is 0.132 e. The molecule has 0 radical (unpaired) electrons. The molecule has 0 aliphatic rings. The van der Waals surface area contributed by atoms with Crippen LogP contribution in [0.2, 0.25) is 0 Å². The Bertz CT molecular complexity index is 602. The zero-order chi connectivity index (χ0) is 15.6. The van der Waals surface area contributed by atoms with Crippen LogP contribution in [0.1, 0.15) is 48.9 Å². The molecule has 0 spiro atoms. The summed E-state index contributed by atoms with van der Waals surface area (Å²) in [5, 5.41) is 0. The average Bonchev–Trinajstić information content (AvgIpc) is 2.45. The summed E-state index contributed by atoms with van der Waals surface area (Å²) in [7, 11) is 0. The fourth-order valence-electron chi connectivity index (χ4n) is 2.28. The molecule has 1 nitrogen and oxygen atoms in total. The number of nitrogens with two attached hydrogens (primary N) is 1. The molecule has 112 valence electrons. The van der Waals surface area contributed by atoms with E-state index in [2.05, 4.69) is 29.8 Å². The first kappa shape index (κ1) is 16.1. The number of hydrogen-bond donors (Lipinski definition) is 1. The summed E-state index contributed by atoms with van der Waals surface area (Å²) in [4.78, 5) is 0. The van der Waals surface area contributed by atoms with Crippen molar-refractivity contribution in [2.24, 2.45) is 5.73 Å². The number of benzene rings is 2. The fourth-order valence-corrected chi connectivity index (χ4v) is 2.69. The third-order valence-corrected chi connectivity index (χ3v) is 4.29. The molecular weight excluding hydrogens is 336 g/mol. The second-order valence-corrected chi connectivity index (χ2v) is 6.15. The maximum atomic E-state index is 14.0. The summed E-state index contributed by atoms with van der Waals surface area (Å²) in [5.41, 5.74) is 7.82. The maximum absolute atomic E-state index is 14.0. The van der Waals surface area contributed by atoms with Gasteiger partial charge < -0.3 is 5.73 Å². The first-order chi connectivity index (χ1) is 9.93. The van der Waals surface area contributed by atoms with E-state index in [-0.39, 0.29) is 5.56 Å². The Morgan fingerprint density at radius 3 is 2.00 bits per heavy atom. The Balaban J connectivity index is 2.34. The van der Waals surface area contributed by atoms with Gasteiger partial charge in [0.05, 0.1) is 6.04 Å². The third-order valence-electron chi connectivity index (χ3n) is 3.83. The van der Waals surface area contributed by atoms with Gasteiger partial charge in [0, 0.05) is 10.0 Å². The lowest BCUT2D eigenvalue weighted by molar-refractivity contribution is 0.542. The van der Waals surface area contributed by atoms with E-state index in [1.807, 2.05) is 24.3 Å². The van der Waals surface area contributed by atoms with Gasteiger partial charge in [0.15, 0.2) is 0 Å². The molecule has 4 heteroatoms. The highest BCUT2D eigenvalue weighted by molar-refractivity contribution is 9.10. The van der Waals surface area contributed by atoms with Gasteiger partial charge in [-0.05, 0) is 35.6 Å². The summed E-state index contributed by atoms with van der Waals surface area (Å²) < 4.78 is 28.3. The predicted octanol–water partition coefficient (Wildman–Crippen LogP) is 5.29. The SMILES string of the molecule is CCC(C)c1ccc(C(N)c2c(F)cc(Br)cc2F)cc1. The van der Waals surface area contributed by atoms with E-state index in [0.29, 0.717) is 16.0 Å². The van der Waals surface area contributed by atoms with E-state index in [0.717, 1.165) is 6.42 Å². The van der Waals surface area contributed by atoms with Crippen molar-refractivity contribution < 1.29 is 8.78 Å². The van der Waals surface area contributed by atoms with E-state index in [4.69, 9.17) is 5.73 Å². The van der Waals surface area contributed by atoms with Crippen LogP contribution in [-0.2, 0) is 0 Å². The molecule has 0 aliphatic carbocycles. The highest BCUT2D eigenvalue weighted by atomic mass is 79.9. The van der Waals surface area contributed by atoms with Crippen LogP contribution in [0.3, 0.4) is 0 Å². The van der Waals surface area contributed by atoms with E-state index in [9.17, 15) is 8.78 Å². The molecule has 2 aromatic carbocycles. The highest BCUT2D eigenvalue weighted by Crippen LogP contribution is 2.29. The van der Waals surface area contributed by atoms with E-state index < -0.39 is 17.7 Å². The molecule has 0 saturated carbocycles. The van der Waals surface area contributed by atoms with Crippen molar-refractivity contribution in [3.05, 3.63) is 69.2 Å². The highest BCUT2D eigenvalue weighted by Gasteiger charge is 2.19. The van der Waals surface area contributed by atoms with Gasteiger partial charge in [0.25, 0.3) is 0 Å². The van der Waals surface area contributed by atoms with Crippen LogP contribution in [0, 0.1) is 11.6 Å². The monoisotopic (exact) mass is 353 g/mol. The first-order valence-corrected chi connectivity index (χ1v) is 7.73. The quantitative estimate of drug-likeness (QED) is 0.793. The van der Waals surface area contributed by atoms with Crippen molar-refractivity contribution in [1.29, 1.82) is 0 Å². The molecule has 0 aliphatic heterocycles. The Morgan fingerprint density at radius 2 is 1.52 bits per heavy atom. The van der Waals surface area contributed by atoms with Crippen molar-refractivity contribution >= 4 is 15.9 Å². The Labute approximate surface area is 132 Å². The minimum atomic E-state index is -0.816. The van der Waals surface area contributed by atoms with E-state index >= 15 is 0 Å². The summed E-state index contributed by atoms with van der Waals surface area (Å²) in [5.74, 6) is -0.822. The molecular formula is C17H18BrF2N. The van der Waals surface area contributed by atoms with Gasteiger partial charge in [-0.15, -0.1) is 0 Å². The normalized spacial score (nSPS) is 14.0. The van der Waals surface area contributed by atoms with Gasteiger partial charge in [0.1, 0.15) is 11.6 Å². The molecule has 2 rings (SSSR count). The Morgan fingerprint density at radius 1 is 1.05 bits per heavy atom. The molecule has 2 N–H and O–H groups in total. The second kappa shape index (κ2) is 6.67. The van der Waals surface area contributed by atoms with Crippen LogP contribution in [0.15, 0.2) is 40.9 Å². The molecule has 2 aromatic rings. The molecule has 0 aromatic heterocycles. The Hall–Kier alpha value is -1.26. The zero-order valence-corrected chi connectivity index (χ0v) is 13.6. The lowest BCUT2D eigenvalue weighted by atomic mass is 9.93. The van der Waals surface area contributed by atoms with Crippen molar-refractivity contribution in [2.45, 2.75) is 32.2 Å². The van der Waals surface area contributed by atoms with Crippen LogP contribution in [0.25, 0.3) is 0 Å². The minimum absolute atomic E-state index is 0.102. The summed E-state index contributed by atoms with van der Waals surface area (Å²) in [6, 6.07) is 9.26. The molecule has 2 atom stereocenters. The van der Waals surface area contributed by atoms with Crippen molar-refractivity contribution in [3.8, 4) is 0 Å². The van der Waals surface area contributed by atoms with Crippen LogP contribution in [0.4, 0.5) is 8.78 Å². The molecule has 21 heavy (non-hydrogen) atoms. The second-order valence-electron chi connectivity index (χ2n) is 5.24. The maximum Gasteiger partial charge on any atom is 0.132 e. The van der Waals surface area contributed by atoms with Gasteiger partial charge in [-0.3, -0.25) is 0 Å². The first-order valence-electron chi connectivity index (χ1n) is 6.94. The number of hydrogen-bond acceptors (Lipinski definition) is 1. The van der Waals surface area contributed by atoms with Gasteiger partial charge in [-0.2, -0.15) is 0 Å². The fraction of sp³-hybridized carbons (Fsp3) is 0.294. The average molecular weight is 354 g/mol. The number of rotatable bonds is 4. The van der Waals surface area contributed by atoms with Crippen LogP contribution in [0.5, 0.6) is 0 Å². The summed E-state index contributed by atoms with van der Waals surface area (Å²) in [6.45, 7) is 4.26. The van der Waals surface area contributed by atoms with Crippen molar-refractivity contribution in [2.75, 3.05) is 0 Å². The topological polar surface area (TPSA) is 26.0 Å². The van der Waals surface area contributed by atoms with Gasteiger partial charge in [0.2, 0.25) is 0 Å². The Kier molecular flexibility index (Phi) is 5.12. The van der Waals surface area contributed by atoms with Crippen molar-refractivity contribution in [3.63, 3.8) is 0 Å². The summed E-state index contributed by atoms with van der Waals surface area (Å²) >= 11 is 3.07. The van der Waals surface area contributed by atoms with Gasteiger partial charge in [-0.25, -0.2) is 8.78 Å². The van der Waals surface area contributed by atoms with Crippen LogP contribution >= 0.6 is 15.9 Å². The van der Waals surface area contributed by atoms with E-state index in [1.54, 1.807) is 0 Å². The van der Waals surface area contributed by atoms with Gasteiger partial charge >= 0.3 is 0 Å². The third kappa shape index (κ3) is 3.50.